The smallest absolute Gasteiger partial charge is 0.253 e. The van der Waals surface area contributed by atoms with E-state index in [2.05, 4.69) is 10.1 Å². The molecule has 0 bridgehead atoms. The third kappa shape index (κ3) is 3.35. The van der Waals surface area contributed by atoms with Gasteiger partial charge in [-0.05, 0) is 49.2 Å². The third-order valence-corrected chi connectivity index (χ3v) is 4.62. The van der Waals surface area contributed by atoms with Crippen LogP contribution in [-0.4, -0.2) is 34.0 Å². The summed E-state index contributed by atoms with van der Waals surface area (Å²) < 4.78 is 18.5. The summed E-state index contributed by atoms with van der Waals surface area (Å²) in [6.45, 7) is 1.28. The van der Waals surface area contributed by atoms with E-state index in [1.165, 1.54) is 12.1 Å². The molecule has 1 aromatic heterocycles. The Labute approximate surface area is 150 Å². The van der Waals surface area contributed by atoms with E-state index in [-0.39, 0.29) is 17.6 Å². The number of benzene rings is 2. The van der Waals surface area contributed by atoms with Gasteiger partial charge in [-0.2, -0.15) is 4.98 Å². The zero-order valence-corrected chi connectivity index (χ0v) is 14.1. The minimum Gasteiger partial charge on any atom is -0.339 e. The first-order valence-electron chi connectivity index (χ1n) is 8.64. The van der Waals surface area contributed by atoms with Crippen LogP contribution in [0.2, 0.25) is 0 Å². The van der Waals surface area contributed by atoms with Gasteiger partial charge in [0, 0.05) is 24.2 Å². The molecule has 26 heavy (non-hydrogen) atoms. The Balaban J connectivity index is 1.50. The van der Waals surface area contributed by atoms with Gasteiger partial charge >= 0.3 is 0 Å². The fourth-order valence-corrected chi connectivity index (χ4v) is 3.24. The summed E-state index contributed by atoms with van der Waals surface area (Å²) in [7, 11) is 0. The number of halogens is 1. The van der Waals surface area contributed by atoms with Crippen molar-refractivity contribution in [1.29, 1.82) is 0 Å². The van der Waals surface area contributed by atoms with Crippen molar-refractivity contribution >= 4 is 5.91 Å². The molecule has 1 fully saturated rings. The van der Waals surface area contributed by atoms with E-state index >= 15 is 0 Å². The average Bonchev–Trinajstić information content (AvgIpc) is 3.19. The Morgan fingerprint density at radius 2 is 1.88 bits per heavy atom. The van der Waals surface area contributed by atoms with Gasteiger partial charge in [-0.25, -0.2) is 4.39 Å². The van der Waals surface area contributed by atoms with Crippen molar-refractivity contribution < 1.29 is 13.7 Å². The van der Waals surface area contributed by atoms with Crippen molar-refractivity contribution in [1.82, 2.24) is 15.0 Å². The normalized spacial score (nSPS) is 17.3. The van der Waals surface area contributed by atoms with Crippen molar-refractivity contribution in [3.05, 3.63) is 71.9 Å². The van der Waals surface area contributed by atoms with E-state index in [4.69, 9.17) is 4.52 Å². The molecule has 0 radical (unpaired) electrons. The Morgan fingerprint density at radius 1 is 1.12 bits per heavy atom. The Kier molecular flexibility index (Phi) is 4.48. The van der Waals surface area contributed by atoms with E-state index in [0.29, 0.717) is 29.4 Å². The highest BCUT2D eigenvalue weighted by atomic mass is 19.1. The summed E-state index contributed by atoms with van der Waals surface area (Å²) >= 11 is 0. The first-order chi connectivity index (χ1) is 12.7. The molecular weight excluding hydrogens is 333 g/mol. The van der Waals surface area contributed by atoms with Gasteiger partial charge in [0.25, 0.3) is 5.91 Å². The van der Waals surface area contributed by atoms with Gasteiger partial charge in [0.1, 0.15) is 5.82 Å². The molecule has 3 aromatic rings. The summed E-state index contributed by atoms with van der Waals surface area (Å²) in [5.74, 6) is 0.688. The summed E-state index contributed by atoms with van der Waals surface area (Å²) in [6.07, 6.45) is 1.78. The summed E-state index contributed by atoms with van der Waals surface area (Å²) in [5.41, 5.74) is 1.39. The predicted octanol–water partition coefficient (Wildman–Crippen LogP) is 3.90. The highest BCUT2D eigenvalue weighted by molar-refractivity contribution is 5.94. The van der Waals surface area contributed by atoms with Crippen LogP contribution in [0, 0.1) is 5.82 Å². The third-order valence-electron chi connectivity index (χ3n) is 4.62. The van der Waals surface area contributed by atoms with E-state index in [9.17, 15) is 9.18 Å². The van der Waals surface area contributed by atoms with Crippen LogP contribution in [0.5, 0.6) is 0 Å². The molecule has 0 aliphatic carbocycles. The monoisotopic (exact) mass is 351 g/mol. The summed E-state index contributed by atoms with van der Waals surface area (Å²) in [5, 5.41) is 4.01. The van der Waals surface area contributed by atoms with Crippen LogP contribution in [0.4, 0.5) is 4.39 Å². The number of amides is 1. The number of nitrogens with zero attached hydrogens (tertiary/aromatic N) is 3. The van der Waals surface area contributed by atoms with Crippen LogP contribution in [0.3, 0.4) is 0 Å². The van der Waals surface area contributed by atoms with Gasteiger partial charge in [0.05, 0.1) is 5.92 Å². The van der Waals surface area contributed by atoms with Crippen LogP contribution in [-0.2, 0) is 0 Å². The number of piperidine rings is 1. The topological polar surface area (TPSA) is 59.2 Å². The minimum absolute atomic E-state index is 0.0121. The van der Waals surface area contributed by atoms with Crippen molar-refractivity contribution in [2.45, 2.75) is 18.8 Å². The molecule has 2 aromatic carbocycles. The van der Waals surface area contributed by atoms with Crippen LogP contribution in [0.1, 0.15) is 35.0 Å². The quantitative estimate of drug-likeness (QED) is 0.718. The molecule has 0 spiro atoms. The predicted molar refractivity (Wildman–Crippen MR) is 94.0 cm³/mol. The van der Waals surface area contributed by atoms with Crippen LogP contribution in [0.25, 0.3) is 11.4 Å². The average molecular weight is 351 g/mol. The number of carbonyl (C=O) groups is 1. The summed E-state index contributed by atoms with van der Waals surface area (Å²) in [6, 6.07) is 15.2. The van der Waals surface area contributed by atoms with E-state index in [0.717, 1.165) is 19.4 Å². The van der Waals surface area contributed by atoms with Crippen molar-refractivity contribution in [3.63, 3.8) is 0 Å². The molecule has 1 saturated heterocycles. The fourth-order valence-electron chi connectivity index (χ4n) is 3.24. The van der Waals surface area contributed by atoms with Gasteiger partial charge in [-0.1, -0.05) is 23.4 Å². The number of likely N-dealkylation sites (tertiary alicyclic amines) is 1. The lowest BCUT2D eigenvalue weighted by molar-refractivity contribution is 0.0695. The van der Waals surface area contributed by atoms with Crippen LogP contribution >= 0.6 is 0 Å². The minimum atomic E-state index is -0.306. The van der Waals surface area contributed by atoms with Crippen molar-refractivity contribution in [3.8, 4) is 11.4 Å². The Bertz CT molecular complexity index is 893. The zero-order chi connectivity index (χ0) is 17.9. The number of hydrogen-bond donors (Lipinski definition) is 0. The molecule has 0 N–H and O–H groups in total. The first-order valence-corrected chi connectivity index (χ1v) is 8.64. The van der Waals surface area contributed by atoms with Crippen LogP contribution < -0.4 is 0 Å². The number of carbonyl (C=O) groups excluding carboxylic acids is 1. The fraction of sp³-hybridized carbons (Fsp3) is 0.250. The molecule has 1 aliphatic rings. The van der Waals surface area contributed by atoms with Crippen molar-refractivity contribution in [2.75, 3.05) is 13.1 Å². The van der Waals surface area contributed by atoms with Crippen LogP contribution in [0.15, 0.2) is 59.1 Å². The largest absolute Gasteiger partial charge is 0.339 e. The van der Waals surface area contributed by atoms with E-state index < -0.39 is 0 Å². The highest BCUT2D eigenvalue weighted by Gasteiger charge is 2.29. The highest BCUT2D eigenvalue weighted by Crippen LogP contribution is 2.28. The molecule has 5 nitrogen and oxygen atoms in total. The van der Waals surface area contributed by atoms with E-state index in [1.54, 1.807) is 12.1 Å². The molecule has 4 rings (SSSR count). The second-order valence-corrected chi connectivity index (χ2v) is 6.42. The maximum atomic E-state index is 13.1. The van der Waals surface area contributed by atoms with Gasteiger partial charge in [-0.15, -0.1) is 0 Å². The maximum absolute atomic E-state index is 13.1. The Hall–Kier alpha value is -3.02. The molecule has 0 unspecified atom stereocenters. The number of aromatic nitrogens is 2. The van der Waals surface area contributed by atoms with Gasteiger partial charge in [-0.3, -0.25) is 4.79 Å². The van der Waals surface area contributed by atoms with E-state index in [1.807, 2.05) is 35.2 Å². The lowest BCUT2D eigenvalue weighted by Gasteiger charge is -2.31. The zero-order valence-electron chi connectivity index (χ0n) is 14.1. The lowest BCUT2D eigenvalue weighted by Crippen LogP contribution is -2.39. The SMILES string of the molecule is O=C(c1ccccc1)N1CCC[C@@H](c2nc(-c3ccc(F)cc3)no2)C1. The Morgan fingerprint density at radius 3 is 2.65 bits per heavy atom. The van der Waals surface area contributed by atoms with Crippen molar-refractivity contribution in [2.24, 2.45) is 0 Å². The molecule has 1 amide bonds. The van der Waals surface area contributed by atoms with Gasteiger partial charge in [0.15, 0.2) is 0 Å². The molecular formula is C20H18FN3O2. The molecule has 132 valence electrons. The van der Waals surface area contributed by atoms with Gasteiger partial charge < -0.3 is 9.42 Å². The second kappa shape index (κ2) is 7.07. The molecule has 1 atom stereocenters. The van der Waals surface area contributed by atoms with Gasteiger partial charge in [0.2, 0.25) is 11.7 Å². The molecule has 0 saturated carbocycles. The first kappa shape index (κ1) is 16.4. The molecule has 2 heterocycles. The number of rotatable bonds is 3. The standard InChI is InChI=1S/C20H18FN3O2/c21-17-10-8-14(9-11-17)18-22-19(26-23-18)16-7-4-12-24(13-16)20(25)15-5-2-1-3-6-15/h1-3,5-6,8-11,16H,4,7,12-13H2/t16-/m1/s1. The summed E-state index contributed by atoms with van der Waals surface area (Å²) in [4.78, 5) is 19.0. The number of hydrogen-bond acceptors (Lipinski definition) is 4. The maximum Gasteiger partial charge on any atom is 0.253 e. The molecule has 6 heteroatoms. The molecule has 1 aliphatic heterocycles. The lowest BCUT2D eigenvalue weighted by atomic mass is 9.97. The second-order valence-electron chi connectivity index (χ2n) is 6.42.